The van der Waals surface area contributed by atoms with Gasteiger partial charge in [0.1, 0.15) is 23.7 Å². The molecule has 0 aliphatic carbocycles. The maximum atomic E-state index is 13.0. The second-order valence-electron chi connectivity index (χ2n) is 9.71. The number of aromatic nitrogens is 2. The summed E-state index contributed by atoms with van der Waals surface area (Å²) in [6, 6.07) is 0. The van der Waals surface area contributed by atoms with Crippen LogP contribution in [-0.4, -0.2) is 34.1 Å². The van der Waals surface area contributed by atoms with E-state index >= 15 is 0 Å². The van der Waals surface area contributed by atoms with Crippen molar-refractivity contribution in [3.63, 3.8) is 0 Å². The Morgan fingerprint density at radius 1 is 0.829 bits per heavy atom. The summed E-state index contributed by atoms with van der Waals surface area (Å²) < 4.78 is 22.7. The fraction of sp³-hybridized carbons (Fsp3) is 0.556. The molecule has 0 N–H and O–H groups in total. The van der Waals surface area contributed by atoms with Crippen LogP contribution in [0.2, 0.25) is 0 Å². The monoisotopic (exact) mass is 484 g/mol. The molecule has 190 valence electrons. The third-order valence-corrected chi connectivity index (χ3v) is 6.55. The Morgan fingerprint density at radius 3 is 1.91 bits per heavy atom. The molecule has 35 heavy (non-hydrogen) atoms. The van der Waals surface area contributed by atoms with Crippen molar-refractivity contribution in [2.45, 2.75) is 78.9 Å². The van der Waals surface area contributed by atoms with Gasteiger partial charge < -0.3 is 18.3 Å². The average Bonchev–Trinajstić information content (AvgIpc) is 3.51. The summed E-state index contributed by atoms with van der Waals surface area (Å²) in [6.45, 7) is 9.68. The zero-order valence-corrected chi connectivity index (χ0v) is 21.2. The Hall–Kier alpha value is -3.16. The van der Waals surface area contributed by atoms with Gasteiger partial charge in [-0.1, -0.05) is 32.9 Å². The van der Waals surface area contributed by atoms with E-state index in [1.54, 1.807) is 26.2 Å². The van der Waals surface area contributed by atoms with E-state index in [9.17, 15) is 9.59 Å². The average molecular weight is 485 g/mol. The first-order valence-electron chi connectivity index (χ1n) is 12.2. The lowest BCUT2D eigenvalue weighted by atomic mass is 9.89. The van der Waals surface area contributed by atoms with Gasteiger partial charge in [0.2, 0.25) is 0 Å². The van der Waals surface area contributed by atoms with Gasteiger partial charge in [-0.15, -0.1) is 0 Å². The number of carbonyl (C=O) groups excluding carboxylic acids is 2. The van der Waals surface area contributed by atoms with Crippen LogP contribution in [0.5, 0.6) is 0 Å². The number of nitrogens with zero attached hydrogens (tertiary/aromatic N) is 2. The molecule has 0 saturated carbocycles. The standard InChI is InChI=1S/C27H36N2O6/c1-17-9-20(4)25(12-23-14-29-16-33-23)35-26(30)19(3)8-6-7-18(2)24(11-22-13-28-15-32-22)34-27(31)21(5)10-17/h8,10,13-18,20,24-25H,6-7,9,11-12H2,1-5H3/t17-,18+,20+,24+,25+/m1/s1. The number of ether oxygens (including phenoxy) is 2. The van der Waals surface area contributed by atoms with Crippen molar-refractivity contribution in [3.8, 4) is 0 Å². The number of hydrogen-bond donors (Lipinski definition) is 0. The number of rotatable bonds is 4. The van der Waals surface area contributed by atoms with E-state index in [4.69, 9.17) is 18.3 Å². The molecule has 0 aromatic carbocycles. The van der Waals surface area contributed by atoms with Gasteiger partial charge in [-0.05, 0) is 50.9 Å². The Balaban J connectivity index is 1.83. The van der Waals surface area contributed by atoms with Gasteiger partial charge in [-0.2, -0.15) is 0 Å². The minimum atomic E-state index is -0.375. The van der Waals surface area contributed by atoms with Crippen molar-refractivity contribution in [3.05, 3.63) is 60.0 Å². The van der Waals surface area contributed by atoms with Crippen LogP contribution in [0, 0.1) is 17.8 Å². The molecule has 0 bridgehead atoms. The van der Waals surface area contributed by atoms with Crippen molar-refractivity contribution in [1.82, 2.24) is 9.97 Å². The zero-order valence-electron chi connectivity index (χ0n) is 21.2. The van der Waals surface area contributed by atoms with Crippen LogP contribution in [0.1, 0.15) is 65.4 Å². The highest BCUT2D eigenvalue weighted by atomic mass is 16.5. The van der Waals surface area contributed by atoms with Crippen molar-refractivity contribution in [1.29, 1.82) is 0 Å². The summed E-state index contributed by atoms with van der Waals surface area (Å²) in [4.78, 5) is 33.8. The van der Waals surface area contributed by atoms with Crippen LogP contribution in [0.3, 0.4) is 0 Å². The van der Waals surface area contributed by atoms with Crippen LogP contribution in [0.4, 0.5) is 0 Å². The number of esters is 2. The van der Waals surface area contributed by atoms with E-state index < -0.39 is 0 Å². The van der Waals surface area contributed by atoms with Crippen molar-refractivity contribution in [2.24, 2.45) is 17.8 Å². The third kappa shape index (κ3) is 7.94. The Labute approximate surface area is 206 Å². The molecule has 3 rings (SSSR count). The molecule has 0 amide bonds. The zero-order chi connectivity index (χ0) is 25.4. The predicted molar refractivity (Wildman–Crippen MR) is 129 cm³/mol. The van der Waals surface area contributed by atoms with Crippen LogP contribution >= 0.6 is 0 Å². The highest BCUT2D eigenvalue weighted by Gasteiger charge is 2.27. The van der Waals surface area contributed by atoms with Crippen LogP contribution in [0.15, 0.2) is 57.3 Å². The molecule has 5 atom stereocenters. The van der Waals surface area contributed by atoms with Gasteiger partial charge in [0.05, 0.1) is 12.4 Å². The number of carbonyl (C=O) groups is 2. The largest absolute Gasteiger partial charge is 0.458 e. The molecule has 1 aliphatic heterocycles. The van der Waals surface area contributed by atoms with Crippen LogP contribution < -0.4 is 0 Å². The molecule has 0 saturated heterocycles. The fourth-order valence-corrected chi connectivity index (χ4v) is 4.39. The minimum Gasteiger partial charge on any atom is -0.458 e. The highest BCUT2D eigenvalue weighted by molar-refractivity contribution is 5.88. The van der Waals surface area contributed by atoms with Crippen molar-refractivity contribution >= 4 is 11.9 Å². The molecule has 0 radical (unpaired) electrons. The molecule has 0 unspecified atom stereocenters. The van der Waals surface area contributed by atoms with Gasteiger partial charge in [-0.25, -0.2) is 19.6 Å². The summed E-state index contributed by atoms with van der Waals surface area (Å²) in [6.07, 6.45) is 12.1. The molecule has 1 aliphatic rings. The van der Waals surface area contributed by atoms with Gasteiger partial charge >= 0.3 is 11.9 Å². The van der Waals surface area contributed by atoms with Gasteiger partial charge in [0, 0.05) is 24.0 Å². The minimum absolute atomic E-state index is 0.0269. The van der Waals surface area contributed by atoms with E-state index in [1.807, 2.05) is 32.9 Å². The van der Waals surface area contributed by atoms with E-state index in [0.717, 1.165) is 12.8 Å². The van der Waals surface area contributed by atoms with Crippen molar-refractivity contribution in [2.75, 3.05) is 0 Å². The molecule has 8 heteroatoms. The number of hydrogen-bond acceptors (Lipinski definition) is 8. The quantitative estimate of drug-likeness (QED) is 0.542. The molecular formula is C27H36N2O6. The van der Waals surface area contributed by atoms with Gasteiger partial charge in [-0.3, -0.25) is 0 Å². The molecule has 2 aromatic rings. The van der Waals surface area contributed by atoms with Gasteiger partial charge in [0.15, 0.2) is 12.8 Å². The summed E-state index contributed by atoms with van der Waals surface area (Å²) in [5.74, 6) is 0.819. The van der Waals surface area contributed by atoms with Gasteiger partial charge in [0.25, 0.3) is 0 Å². The maximum Gasteiger partial charge on any atom is 0.333 e. The SMILES string of the molecule is CC1=C[C@H](C)C[C@H](C)[C@H](Cc2cnco2)OC(=O)C(C)=CCC[C@H](C)[C@H](Cc2cnco2)OC1=O. The molecule has 8 nitrogen and oxygen atoms in total. The normalized spacial score (nSPS) is 27.5. The van der Waals surface area contributed by atoms with E-state index in [1.165, 1.54) is 12.8 Å². The molecule has 0 spiro atoms. The molecule has 2 aromatic heterocycles. The topological polar surface area (TPSA) is 105 Å². The lowest BCUT2D eigenvalue weighted by Gasteiger charge is -2.26. The fourth-order valence-electron chi connectivity index (χ4n) is 4.39. The first-order chi connectivity index (χ1) is 16.7. The maximum absolute atomic E-state index is 13.0. The number of allylic oxidation sites excluding steroid dienone is 2. The summed E-state index contributed by atoms with van der Waals surface area (Å²) in [5, 5.41) is 0. The first kappa shape index (κ1) is 26.4. The Kier molecular flexibility index (Phi) is 9.46. The van der Waals surface area contributed by atoms with E-state index in [-0.39, 0.29) is 41.9 Å². The van der Waals surface area contributed by atoms with Crippen molar-refractivity contribution < 1.29 is 27.9 Å². The smallest absolute Gasteiger partial charge is 0.333 e. The number of cyclic esters (lactones) is 2. The Bertz CT molecular complexity index is 1010. The molecule has 3 heterocycles. The summed E-state index contributed by atoms with van der Waals surface area (Å²) in [5.41, 5.74) is 1.12. The number of oxazole rings is 2. The summed E-state index contributed by atoms with van der Waals surface area (Å²) >= 11 is 0. The predicted octanol–water partition coefficient (Wildman–Crippen LogP) is 5.26. The molecular weight excluding hydrogens is 448 g/mol. The van der Waals surface area contributed by atoms with Crippen LogP contribution in [-0.2, 0) is 31.9 Å². The summed E-state index contributed by atoms with van der Waals surface area (Å²) in [7, 11) is 0. The lowest BCUT2D eigenvalue weighted by Crippen LogP contribution is -2.30. The Morgan fingerprint density at radius 2 is 1.37 bits per heavy atom. The second kappa shape index (κ2) is 12.5. The first-order valence-corrected chi connectivity index (χ1v) is 12.2. The van der Waals surface area contributed by atoms with E-state index in [0.29, 0.717) is 41.9 Å². The van der Waals surface area contributed by atoms with E-state index in [2.05, 4.69) is 9.97 Å². The van der Waals surface area contributed by atoms with Crippen LogP contribution in [0.25, 0.3) is 0 Å². The highest BCUT2D eigenvalue weighted by Crippen LogP contribution is 2.26. The molecule has 0 fully saturated rings. The lowest BCUT2D eigenvalue weighted by molar-refractivity contribution is -0.147. The second-order valence-corrected chi connectivity index (χ2v) is 9.71. The third-order valence-electron chi connectivity index (χ3n) is 6.55.